The van der Waals surface area contributed by atoms with Crippen LogP contribution in [0, 0.1) is 0 Å². The molecule has 1 aliphatic rings. The fourth-order valence-corrected chi connectivity index (χ4v) is 4.60. The van der Waals surface area contributed by atoms with E-state index in [9.17, 15) is 4.79 Å². The summed E-state index contributed by atoms with van der Waals surface area (Å²) in [6.45, 7) is 0. The summed E-state index contributed by atoms with van der Waals surface area (Å²) in [5, 5.41) is 0. The molecule has 30 heavy (non-hydrogen) atoms. The summed E-state index contributed by atoms with van der Waals surface area (Å²) in [7, 11) is 1.69. The van der Waals surface area contributed by atoms with E-state index < -0.39 is 0 Å². The molecule has 0 aliphatic heterocycles. The molecule has 0 amide bonds. The highest BCUT2D eigenvalue weighted by Crippen LogP contribution is 2.46. The van der Waals surface area contributed by atoms with Gasteiger partial charge in [-0.05, 0) is 52.6 Å². The average Bonchev–Trinajstić information content (AvgIpc) is 3.59. The van der Waals surface area contributed by atoms with Crippen LogP contribution >= 0.6 is 0 Å². The molecule has 1 aliphatic carbocycles. The van der Waals surface area contributed by atoms with E-state index >= 15 is 0 Å². The Kier molecular flexibility index (Phi) is 4.88. The van der Waals surface area contributed by atoms with Crippen molar-refractivity contribution in [2.24, 2.45) is 0 Å². The Labute approximate surface area is 176 Å². The van der Waals surface area contributed by atoms with E-state index in [0.29, 0.717) is 12.3 Å². The molecule has 1 saturated carbocycles. The zero-order valence-electron chi connectivity index (χ0n) is 17.2. The van der Waals surface area contributed by atoms with Gasteiger partial charge in [-0.25, -0.2) is 0 Å². The molecule has 0 spiro atoms. The fourth-order valence-electron chi connectivity index (χ4n) is 4.60. The maximum atomic E-state index is 11.5. The minimum Gasteiger partial charge on any atom is -0.497 e. The SMILES string of the molecule is COc1ccn2c(Cc3ccccc3-c3ccccc3)c(C3CC3)c(CC=O)c2c1. The average molecular weight is 396 g/mol. The highest BCUT2D eigenvalue weighted by Gasteiger charge is 2.32. The summed E-state index contributed by atoms with van der Waals surface area (Å²) in [5.41, 5.74) is 8.73. The molecule has 0 radical (unpaired) electrons. The van der Waals surface area contributed by atoms with Crippen LogP contribution in [0.2, 0.25) is 0 Å². The minimum absolute atomic E-state index is 0.447. The van der Waals surface area contributed by atoms with Gasteiger partial charge in [0.25, 0.3) is 0 Å². The Bertz CT molecular complexity index is 1200. The number of rotatable bonds is 7. The summed E-state index contributed by atoms with van der Waals surface area (Å²) < 4.78 is 7.75. The van der Waals surface area contributed by atoms with Crippen LogP contribution in [-0.2, 0) is 17.6 Å². The van der Waals surface area contributed by atoms with Gasteiger partial charge in [0.15, 0.2) is 0 Å². The number of fused-ring (bicyclic) bond motifs is 1. The van der Waals surface area contributed by atoms with Gasteiger partial charge < -0.3 is 13.9 Å². The van der Waals surface area contributed by atoms with Crippen molar-refractivity contribution >= 4 is 11.8 Å². The van der Waals surface area contributed by atoms with Gasteiger partial charge in [-0.2, -0.15) is 0 Å². The minimum atomic E-state index is 0.447. The van der Waals surface area contributed by atoms with Gasteiger partial charge in [0.05, 0.1) is 12.6 Å². The Morgan fingerprint density at radius 3 is 2.53 bits per heavy atom. The van der Waals surface area contributed by atoms with Crippen molar-refractivity contribution in [3.05, 3.63) is 95.3 Å². The van der Waals surface area contributed by atoms with Crippen molar-refractivity contribution in [2.45, 2.75) is 31.6 Å². The lowest BCUT2D eigenvalue weighted by Crippen LogP contribution is -2.00. The van der Waals surface area contributed by atoms with Crippen LogP contribution < -0.4 is 4.74 Å². The summed E-state index contributed by atoms with van der Waals surface area (Å²) in [5.74, 6) is 1.38. The molecule has 0 unspecified atom stereocenters. The number of methoxy groups -OCH3 is 1. The van der Waals surface area contributed by atoms with Gasteiger partial charge in [0, 0.05) is 30.8 Å². The van der Waals surface area contributed by atoms with Crippen LogP contribution in [0.5, 0.6) is 5.75 Å². The number of nitrogens with zero attached hydrogens (tertiary/aromatic N) is 1. The third-order valence-electron chi connectivity index (χ3n) is 6.13. The van der Waals surface area contributed by atoms with Crippen molar-refractivity contribution < 1.29 is 9.53 Å². The molecule has 0 N–H and O–H groups in total. The first-order valence-corrected chi connectivity index (χ1v) is 10.6. The lowest BCUT2D eigenvalue weighted by atomic mass is 9.94. The van der Waals surface area contributed by atoms with E-state index in [1.165, 1.54) is 46.4 Å². The number of benzene rings is 2. The number of pyridine rings is 1. The number of carbonyl (C=O) groups is 1. The molecule has 0 bridgehead atoms. The summed E-state index contributed by atoms with van der Waals surface area (Å²) >= 11 is 0. The Hall–Kier alpha value is -3.33. The third kappa shape index (κ3) is 3.30. The smallest absolute Gasteiger partial charge is 0.124 e. The van der Waals surface area contributed by atoms with E-state index in [-0.39, 0.29) is 0 Å². The first kappa shape index (κ1) is 18.7. The molecule has 0 atom stereocenters. The predicted octanol–water partition coefficient (Wildman–Crippen LogP) is 5.82. The Morgan fingerprint density at radius 1 is 1.03 bits per heavy atom. The Morgan fingerprint density at radius 2 is 1.80 bits per heavy atom. The first-order chi connectivity index (χ1) is 14.8. The summed E-state index contributed by atoms with van der Waals surface area (Å²) in [6, 6.07) is 23.3. The second-order valence-corrected chi connectivity index (χ2v) is 8.01. The zero-order chi connectivity index (χ0) is 20.5. The highest BCUT2D eigenvalue weighted by molar-refractivity contribution is 5.73. The van der Waals surface area contributed by atoms with Crippen molar-refractivity contribution in [3.63, 3.8) is 0 Å². The molecule has 5 rings (SSSR count). The van der Waals surface area contributed by atoms with Crippen LogP contribution in [0.4, 0.5) is 0 Å². The molecule has 2 aromatic carbocycles. The van der Waals surface area contributed by atoms with Crippen LogP contribution in [0.25, 0.3) is 16.6 Å². The van der Waals surface area contributed by atoms with E-state index in [0.717, 1.165) is 24.0 Å². The monoisotopic (exact) mass is 395 g/mol. The molecule has 3 nitrogen and oxygen atoms in total. The van der Waals surface area contributed by atoms with Gasteiger partial charge in [-0.15, -0.1) is 0 Å². The van der Waals surface area contributed by atoms with Crippen molar-refractivity contribution in [2.75, 3.05) is 7.11 Å². The molecule has 2 aromatic heterocycles. The van der Waals surface area contributed by atoms with Crippen LogP contribution in [0.3, 0.4) is 0 Å². The maximum Gasteiger partial charge on any atom is 0.124 e. The van der Waals surface area contributed by atoms with Crippen molar-refractivity contribution in [3.8, 4) is 16.9 Å². The molecule has 150 valence electrons. The fraction of sp³-hybridized carbons (Fsp3) is 0.222. The number of carbonyl (C=O) groups excluding carboxylic acids is 1. The van der Waals surface area contributed by atoms with Gasteiger partial charge in [0.1, 0.15) is 12.0 Å². The van der Waals surface area contributed by atoms with Gasteiger partial charge >= 0.3 is 0 Å². The Balaban J connectivity index is 1.69. The maximum absolute atomic E-state index is 11.5. The van der Waals surface area contributed by atoms with Crippen LogP contribution in [0.15, 0.2) is 72.9 Å². The molecular weight excluding hydrogens is 370 g/mol. The van der Waals surface area contributed by atoms with Crippen molar-refractivity contribution in [1.82, 2.24) is 4.40 Å². The highest BCUT2D eigenvalue weighted by atomic mass is 16.5. The number of aromatic nitrogens is 1. The predicted molar refractivity (Wildman–Crippen MR) is 120 cm³/mol. The molecule has 2 heterocycles. The van der Waals surface area contributed by atoms with E-state index in [2.05, 4.69) is 71.3 Å². The van der Waals surface area contributed by atoms with Gasteiger partial charge in [0.2, 0.25) is 0 Å². The number of aldehydes is 1. The summed E-state index contributed by atoms with van der Waals surface area (Å²) in [4.78, 5) is 11.5. The van der Waals surface area contributed by atoms with Gasteiger partial charge in [-0.1, -0.05) is 54.6 Å². The molecule has 0 saturated heterocycles. The number of hydrogen-bond acceptors (Lipinski definition) is 2. The molecular formula is C27H25NO2. The first-order valence-electron chi connectivity index (χ1n) is 10.6. The topological polar surface area (TPSA) is 30.7 Å². The number of ether oxygens (including phenoxy) is 1. The zero-order valence-corrected chi connectivity index (χ0v) is 17.2. The normalized spacial score (nSPS) is 13.5. The second kappa shape index (κ2) is 7.83. The van der Waals surface area contributed by atoms with Crippen molar-refractivity contribution in [1.29, 1.82) is 0 Å². The van der Waals surface area contributed by atoms with Crippen LogP contribution in [0.1, 0.15) is 41.1 Å². The van der Waals surface area contributed by atoms with E-state index in [1.54, 1.807) is 7.11 Å². The third-order valence-corrected chi connectivity index (χ3v) is 6.13. The lowest BCUT2D eigenvalue weighted by molar-refractivity contribution is -0.107. The lowest BCUT2D eigenvalue weighted by Gasteiger charge is -2.12. The van der Waals surface area contributed by atoms with E-state index in [1.807, 2.05) is 6.07 Å². The largest absolute Gasteiger partial charge is 0.497 e. The quantitative estimate of drug-likeness (QED) is 0.369. The summed E-state index contributed by atoms with van der Waals surface area (Å²) in [6.07, 6.45) is 6.81. The molecule has 1 fully saturated rings. The standard InChI is InChI=1S/C27H25NO2/c1-30-22-13-15-28-25(18-22)24(14-16-29)27(20-11-12-20)26(28)17-21-9-5-6-10-23(21)19-7-3-2-4-8-19/h2-10,13,15-16,18,20H,11-12,14,17H2,1H3. The van der Waals surface area contributed by atoms with Gasteiger partial charge in [-0.3, -0.25) is 0 Å². The molecule has 4 aromatic rings. The molecule has 3 heteroatoms. The number of hydrogen-bond donors (Lipinski definition) is 0. The van der Waals surface area contributed by atoms with Crippen LogP contribution in [-0.4, -0.2) is 17.8 Å². The van der Waals surface area contributed by atoms with E-state index in [4.69, 9.17) is 4.74 Å². The second-order valence-electron chi connectivity index (χ2n) is 8.01.